The number of carbonyl (C=O) groups is 2. The van der Waals surface area contributed by atoms with Crippen molar-refractivity contribution in [3.05, 3.63) is 0 Å². The van der Waals surface area contributed by atoms with Crippen molar-refractivity contribution in [1.29, 1.82) is 0 Å². The quantitative estimate of drug-likeness (QED) is 0.473. The van der Waals surface area contributed by atoms with E-state index in [1.54, 1.807) is 0 Å². The summed E-state index contributed by atoms with van der Waals surface area (Å²) in [6.07, 6.45) is 5.78. The first-order valence-electron chi connectivity index (χ1n) is 7.82. The highest BCUT2D eigenvalue weighted by Crippen LogP contribution is 2.32. The molecule has 1 amide bonds. The van der Waals surface area contributed by atoms with Gasteiger partial charge in [0, 0.05) is 11.2 Å². The molecule has 5 nitrogen and oxygen atoms in total. The third-order valence-corrected chi connectivity index (χ3v) is 4.91. The number of piperidine rings is 1. The Bertz CT molecular complexity index is 355. The molecule has 0 aromatic carbocycles. The Labute approximate surface area is 132 Å². The lowest BCUT2D eigenvalue weighted by molar-refractivity contribution is -0.143. The number of thiol groups is 1. The molecule has 0 aromatic rings. The molecule has 1 atom stereocenters. The molecule has 0 aliphatic carbocycles. The van der Waals surface area contributed by atoms with E-state index >= 15 is 0 Å². The molecular formula is C15H28N2O3S. The van der Waals surface area contributed by atoms with Crippen LogP contribution in [0.3, 0.4) is 0 Å². The fourth-order valence-electron chi connectivity index (χ4n) is 2.67. The summed E-state index contributed by atoms with van der Waals surface area (Å²) < 4.78 is -0.655. The highest BCUT2D eigenvalue weighted by molar-refractivity contribution is 7.82. The number of nitrogens with one attached hydrogen (secondary N) is 1. The lowest BCUT2D eigenvalue weighted by Crippen LogP contribution is -2.57. The van der Waals surface area contributed by atoms with Gasteiger partial charge in [-0.3, -0.25) is 4.79 Å². The monoisotopic (exact) mass is 316 g/mol. The fraction of sp³-hybridized carbons (Fsp3) is 0.867. The summed E-state index contributed by atoms with van der Waals surface area (Å²) in [6, 6.07) is -0.909. The Hall–Kier alpha value is -0.750. The van der Waals surface area contributed by atoms with E-state index < -0.39 is 16.8 Å². The maximum Gasteiger partial charge on any atom is 0.327 e. The Balaban J connectivity index is 2.53. The van der Waals surface area contributed by atoms with Gasteiger partial charge in [0.1, 0.15) is 6.04 Å². The van der Waals surface area contributed by atoms with Crippen LogP contribution < -0.4 is 5.32 Å². The minimum atomic E-state index is -0.989. The average Bonchev–Trinajstić information content (AvgIpc) is 2.44. The Morgan fingerprint density at radius 1 is 1.29 bits per heavy atom. The fourth-order valence-corrected chi connectivity index (χ4v) is 3.04. The number of aliphatic carboxylic acids is 1. The number of nitrogens with zero attached hydrogens (tertiary/aromatic N) is 1. The zero-order valence-corrected chi connectivity index (χ0v) is 14.0. The first-order valence-corrected chi connectivity index (χ1v) is 8.27. The van der Waals surface area contributed by atoms with E-state index in [1.807, 2.05) is 7.05 Å². The van der Waals surface area contributed by atoms with Crippen LogP contribution in [0, 0.1) is 0 Å². The van der Waals surface area contributed by atoms with Crippen molar-refractivity contribution >= 4 is 24.5 Å². The molecular weight excluding hydrogens is 288 g/mol. The third-order valence-electron chi connectivity index (χ3n) is 4.20. The first-order chi connectivity index (χ1) is 9.89. The molecule has 21 heavy (non-hydrogen) atoms. The molecule has 1 heterocycles. The van der Waals surface area contributed by atoms with Crippen LogP contribution in [0.2, 0.25) is 0 Å². The van der Waals surface area contributed by atoms with E-state index in [0.29, 0.717) is 19.3 Å². The van der Waals surface area contributed by atoms with Gasteiger partial charge in [-0.05, 0) is 39.4 Å². The Kier molecular flexibility index (Phi) is 7.52. The number of carboxylic acids is 1. The van der Waals surface area contributed by atoms with Crippen molar-refractivity contribution in [2.24, 2.45) is 0 Å². The summed E-state index contributed by atoms with van der Waals surface area (Å²) in [4.78, 5) is 25.6. The number of unbranched alkanes of at least 4 members (excludes halogenated alkanes) is 3. The minimum Gasteiger partial charge on any atom is -0.480 e. The van der Waals surface area contributed by atoms with Crippen LogP contribution in [0.25, 0.3) is 0 Å². The standard InChI is InChI=1S/C15H28N2O3S/c1-3-4-5-6-7-12(18)16-13(14(19)20)15(21)8-10-17(2)11-9-15/h13,21H,3-11H2,1-2H3,(H,16,18)(H,19,20)/t13-/m1/s1. The lowest BCUT2D eigenvalue weighted by atomic mass is 9.88. The van der Waals surface area contributed by atoms with E-state index in [-0.39, 0.29) is 5.91 Å². The van der Waals surface area contributed by atoms with Gasteiger partial charge in [-0.2, -0.15) is 12.6 Å². The summed E-state index contributed by atoms with van der Waals surface area (Å²) in [5.41, 5.74) is 0. The van der Waals surface area contributed by atoms with Crippen LogP contribution in [0.15, 0.2) is 0 Å². The molecule has 1 rings (SSSR count). The summed E-state index contributed by atoms with van der Waals surface area (Å²) in [6.45, 7) is 3.73. The van der Waals surface area contributed by atoms with Crippen LogP contribution in [-0.2, 0) is 9.59 Å². The van der Waals surface area contributed by atoms with Crippen molar-refractivity contribution in [2.75, 3.05) is 20.1 Å². The van der Waals surface area contributed by atoms with Gasteiger partial charge >= 0.3 is 5.97 Å². The zero-order chi connectivity index (χ0) is 15.9. The number of hydrogen-bond donors (Lipinski definition) is 3. The van der Waals surface area contributed by atoms with Gasteiger partial charge in [-0.25, -0.2) is 4.79 Å². The second kappa shape index (κ2) is 8.63. The van der Waals surface area contributed by atoms with Crippen LogP contribution in [0.5, 0.6) is 0 Å². The van der Waals surface area contributed by atoms with Crippen molar-refractivity contribution in [3.63, 3.8) is 0 Å². The van der Waals surface area contributed by atoms with Gasteiger partial charge in [0.15, 0.2) is 0 Å². The minimum absolute atomic E-state index is 0.175. The van der Waals surface area contributed by atoms with Crippen molar-refractivity contribution < 1.29 is 14.7 Å². The maximum absolute atomic E-state index is 12.0. The molecule has 0 aromatic heterocycles. The molecule has 0 spiro atoms. The van der Waals surface area contributed by atoms with E-state index in [1.165, 1.54) is 0 Å². The molecule has 1 aliphatic rings. The van der Waals surface area contributed by atoms with Crippen molar-refractivity contribution in [3.8, 4) is 0 Å². The van der Waals surface area contributed by atoms with Crippen LogP contribution in [0.1, 0.15) is 51.9 Å². The largest absolute Gasteiger partial charge is 0.480 e. The smallest absolute Gasteiger partial charge is 0.327 e. The van der Waals surface area contributed by atoms with Gasteiger partial charge < -0.3 is 15.3 Å². The molecule has 0 bridgehead atoms. The number of rotatable bonds is 8. The van der Waals surface area contributed by atoms with E-state index in [9.17, 15) is 14.7 Å². The normalized spacial score (nSPS) is 20.0. The predicted octanol–water partition coefficient (Wildman–Crippen LogP) is 1.92. The van der Waals surface area contributed by atoms with E-state index in [4.69, 9.17) is 0 Å². The van der Waals surface area contributed by atoms with Gasteiger partial charge in [0.25, 0.3) is 0 Å². The molecule has 1 saturated heterocycles. The third kappa shape index (κ3) is 5.87. The molecule has 2 N–H and O–H groups in total. The summed E-state index contributed by atoms with van der Waals surface area (Å²) in [5.74, 6) is -1.16. The number of likely N-dealkylation sites (tertiary alicyclic amines) is 1. The second-order valence-corrected chi connectivity index (χ2v) is 6.95. The van der Waals surface area contributed by atoms with Crippen molar-refractivity contribution in [1.82, 2.24) is 10.2 Å². The maximum atomic E-state index is 12.0. The van der Waals surface area contributed by atoms with Crippen LogP contribution >= 0.6 is 12.6 Å². The highest BCUT2D eigenvalue weighted by Gasteiger charge is 2.42. The molecule has 1 aliphatic heterocycles. The molecule has 0 unspecified atom stereocenters. The van der Waals surface area contributed by atoms with Crippen molar-refractivity contribution in [2.45, 2.75) is 62.7 Å². The van der Waals surface area contributed by atoms with E-state index in [2.05, 4.69) is 29.8 Å². The number of amides is 1. The predicted molar refractivity (Wildman–Crippen MR) is 86.8 cm³/mol. The van der Waals surface area contributed by atoms with Gasteiger partial charge in [-0.15, -0.1) is 0 Å². The lowest BCUT2D eigenvalue weighted by Gasteiger charge is -2.40. The van der Waals surface area contributed by atoms with Crippen LogP contribution in [-0.4, -0.2) is 52.8 Å². The molecule has 1 fully saturated rings. The number of carbonyl (C=O) groups excluding carboxylic acids is 1. The van der Waals surface area contributed by atoms with Gasteiger partial charge in [0.05, 0.1) is 0 Å². The topological polar surface area (TPSA) is 69.6 Å². The zero-order valence-electron chi connectivity index (χ0n) is 13.1. The Morgan fingerprint density at radius 3 is 2.43 bits per heavy atom. The van der Waals surface area contributed by atoms with Gasteiger partial charge in [-0.1, -0.05) is 26.2 Å². The summed E-state index contributed by atoms with van der Waals surface area (Å²) >= 11 is 4.60. The molecule has 0 saturated carbocycles. The first kappa shape index (κ1) is 18.3. The highest BCUT2D eigenvalue weighted by atomic mass is 32.1. The van der Waals surface area contributed by atoms with Gasteiger partial charge in [0.2, 0.25) is 5.91 Å². The van der Waals surface area contributed by atoms with E-state index in [0.717, 1.165) is 38.8 Å². The Morgan fingerprint density at radius 2 is 1.90 bits per heavy atom. The summed E-state index contributed by atoms with van der Waals surface area (Å²) in [7, 11) is 2.01. The molecule has 6 heteroatoms. The second-order valence-electron chi connectivity index (χ2n) is 6.06. The number of hydrogen-bond acceptors (Lipinski definition) is 4. The molecule has 0 radical (unpaired) electrons. The summed E-state index contributed by atoms with van der Waals surface area (Å²) in [5, 5.41) is 12.1. The van der Waals surface area contributed by atoms with Crippen LogP contribution in [0.4, 0.5) is 0 Å². The SMILES string of the molecule is CCCCCCC(=O)N[C@H](C(=O)O)C1(S)CCN(C)CC1. The number of carboxylic acid groups (broad SMARTS) is 1. The molecule has 122 valence electrons. The average molecular weight is 316 g/mol.